The number of hydrogen-bond donors (Lipinski definition) is 1. The summed E-state index contributed by atoms with van der Waals surface area (Å²) in [5, 5.41) is 4.51. The first kappa shape index (κ1) is 12.8. The Labute approximate surface area is 118 Å². The van der Waals surface area contributed by atoms with Gasteiger partial charge in [0.2, 0.25) is 0 Å². The first-order chi connectivity index (χ1) is 9.38. The second-order valence-corrected chi connectivity index (χ2v) is 6.01. The Morgan fingerprint density at radius 1 is 1.26 bits per heavy atom. The van der Waals surface area contributed by atoms with Crippen LogP contribution in [0.4, 0.5) is 5.82 Å². The molecule has 0 saturated carbocycles. The van der Waals surface area contributed by atoms with Crippen molar-refractivity contribution < 1.29 is 0 Å². The summed E-state index contributed by atoms with van der Waals surface area (Å²) in [5.74, 6) is 3.54. The maximum Gasteiger partial charge on any atom is 0.129 e. The molecule has 0 radical (unpaired) electrons. The number of pyridine rings is 1. The molecule has 0 spiro atoms. The summed E-state index contributed by atoms with van der Waals surface area (Å²) in [6.45, 7) is 3.10. The Kier molecular flexibility index (Phi) is 3.89. The first-order valence-electron chi connectivity index (χ1n) is 6.74. The zero-order valence-corrected chi connectivity index (χ0v) is 12.0. The molecule has 4 heteroatoms. The summed E-state index contributed by atoms with van der Waals surface area (Å²) in [6.07, 6.45) is 0. The van der Waals surface area contributed by atoms with E-state index in [1.54, 1.807) is 0 Å². The van der Waals surface area contributed by atoms with Crippen LogP contribution in [0.3, 0.4) is 0 Å². The zero-order valence-electron chi connectivity index (χ0n) is 11.2. The van der Waals surface area contributed by atoms with Crippen LogP contribution in [0.25, 0.3) is 10.9 Å². The molecule has 0 unspecified atom stereocenters. The second kappa shape index (κ2) is 5.80. The molecule has 1 aromatic heterocycles. The van der Waals surface area contributed by atoms with Crippen LogP contribution in [0.15, 0.2) is 30.3 Å². The fourth-order valence-electron chi connectivity index (χ4n) is 2.52. The third-order valence-electron chi connectivity index (χ3n) is 3.49. The lowest BCUT2D eigenvalue weighted by Gasteiger charge is -2.28. The van der Waals surface area contributed by atoms with Crippen LogP contribution in [0.2, 0.25) is 0 Å². The van der Waals surface area contributed by atoms with E-state index in [4.69, 9.17) is 4.98 Å². The highest BCUT2D eigenvalue weighted by Gasteiger charge is 2.14. The maximum atomic E-state index is 4.83. The highest BCUT2D eigenvalue weighted by molar-refractivity contribution is 7.99. The van der Waals surface area contributed by atoms with Gasteiger partial charge in [0.1, 0.15) is 5.82 Å². The zero-order chi connectivity index (χ0) is 13.1. The van der Waals surface area contributed by atoms with Gasteiger partial charge >= 0.3 is 0 Å². The minimum Gasteiger partial charge on any atom is -0.355 e. The molecule has 3 rings (SSSR count). The number of anilines is 1. The van der Waals surface area contributed by atoms with Gasteiger partial charge in [-0.3, -0.25) is 0 Å². The summed E-state index contributed by atoms with van der Waals surface area (Å²) in [4.78, 5) is 7.24. The van der Waals surface area contributed by atoms with Crippen molar-refractivity contribution in [2.45, 2.75) is 6.54 Å². The van der Waals surface area contributed by atoms with Crippen LogP contribution >= 0.6 is 11.8 Å². The van der Waals surface area contributed by atoms with Crippen molar-refractivity contribution in [1.29, 1.82) is 0 Å². The molecule has 0 amide bonds. The highest BCUT2D eigenvalue weighted by Crippen LogP contribution is 2.24. The van der Waals surface area contributed by atoms with E-state index in [0.717, 1.165) is 31.0 Å². The van der Waals surface area contributed by atoms with E-state index < -0.39 is 0 Å². The van der Waals surface area contributed by atoms with Gasteiger partial charge in [-0.2, -0.15) is 11.8 Å². The van der Waals surface area contributed by atoms with E-state index in [0.29, 0.717) is 0 Å². The minimum absolute atomic E-state index is 0.888. The van der Waals surface area contributed by atoms with Gasteiger partial charge in [0.05, 0.1) is 5.52 Å². The molecule has 0 bridgehead atoms. The number of aromatic nitrogens is 1. The molecular formula is C15H19N3S. The van der Waals surface area contributed by atoms with Crippen molar-refractivity contribution in [1.82, 2.24) is 10.3 Å². The lowest BCUT2D eigenvalue weighted by molar-refractivity contribution is 0.812. The van der Waals surface area contributed by atoms with Gasteiger partial charge in [0.25, 0.3) is 0 Å². The molecule has 2 aromatic rings. The van der Waals surface area contributed by atoms with Crippen molar-refractivity contribution in [2.24, 2.45) is 0 Å². The molecule has 1 N–H and O–H groups in total. The summed E-state index contributed by atoms with van der Waals surface area (Å²) >= 11 is 2.03. The van der Waals surface area contributed by atoms with Crippen LogP contribution in [0.5, 0.6) is 0 Å². The van der Waals surface area contributed by atoms with Crippen LogP contribution in [0, 0.1) is 0 Å². The largest absolute Gasteiger partial charge is 0.355 e. The number of hydrogen-bond acceptors (Lipinski definition) is 4. The Bertz CT molecular complexity index is 564. The van der Waals surface area contributed by atoms with E-state index in [2.05, 4.69) is 40.5 Å². The molecule has 0 aliphatic carbocycles. The molecule has 1 aliphatic rings. The smallest absolute Gasteiger partial charge is 0.129 e. The quantitative estimate of drug-likeness (QED) is 0.930. The van der Waals surface area contributed by atoms with Crippen molar-refractivity contribution in [3.05, 3.63) is 35.9 Å². The predicted molar refractivity (Wildman–Crippen MR) is 84.0 cm³/mol. The minimum atomic E-state index is 0.888. The lowest BCUT2D eigenvalue weighted by Crippen LogP contribution is -2.33. The van der Waals surface area contributed by atoms with Gasteiger partial charge in [-0.15, -0.1) is 0 Å². The molecule has 0 atom stereocenters. The van der Waals surface area contributed by atoms with E-state index in [9.17, 15) is 0 Å². The molecule has 1 aliphatic heterocycles. The number of benzene rings is 1. The highest BCUT2D eigenvalue weighted by atomic mass is 32.2. The van der Waals surface area contributed by atoms with Gasteiger partial charge in [-0.25, -0.2) is 4.98 Å². The Balaban J connectivity index is 2.04. The monoisotopic (exact) mass is 273 g/mol. The van der Waals surface area contributed by atoms with E-state index in [1.807, 2.05) is 18.8 Å². The predicted octanol–water partition coefficient (Wildman–Crippen LogP) is 2.51. The van der Waals surface area contributed by atoms with E-state index in [1.165, 1.54) is 22.5 Å². The third kappa shape index (κ3) is 2.69. The summed E-state index contributed by atoms with van der Waals surface area (Å²) in [7, 11) is 1.99. The third-order valence-corrected chi connectivity index (χ3v) is 4.43. The topological polar surface area (TPSA) is 28.2 Å². The lowest BCUT2D eigenvalue weighted by atomic mass is 10.1. The fraction of sp³-hybridized carbons (Fsp3) is 0.400. The molecule has 100 valence electrons. The van der Waals surface area contributed by atoms with Gasteiger partial charge in [0, 0.05) is 36.5 Å². The van der Waals surface area contributed by atoms with Gasteiger partial charge in [0.15, 0.2) is 0 Å². The molecule has 3 nitrogen and oxygen atoms in total. The second-order valence-electron chi connectivity index (χ2n) is 4.79. The number of para-hydroxylation sites is 1. The average molecular weight is 273 g/mol. The molecule has 1 aromatic carbocycles. The summed E-state index contributed by atoms with van der Waals surface area (Å²) in [6, 6.07) is 10.7. The number of thioether (sulfide) groups is 1. The number of nitrogens with zero attached hydrogens (tertiary/aromatic N) is 2. The molecule has 19 heavy (non-hydrogen) atoms. The Morgan fingerprint density at radius 2 is 2.05 bits per heavy atom. The molecule has 1 saturated heterocycles. The van der Waals surface area contributed by atoms with Crippen molar-refractivity contribution in [2.75, 3.05) is 36.5 Å². The number of nitrogens with one attached hydrogen (secondary N) is 1. The maximum absolute atomic E-state index is 4.83. The van der Waals surface area contributed by atoms with Crippen molar-refractivity contribution in [3.8, 4) is 0 Å². The summed E-state index contributed by atoms with van der Waals surface area (Å²) in [5.41, 5.74) is 2.44. The molecule has 1 fully saturated rings. The van der Waals surface area contributed by atoms with Crippen molar-refractivity contribution in [3.63, 3.8) is 0 Å². The summed E-state index contributed by atoms with van der Waals surface area (Å²) < 4.78 is 0. The van der Waals surface area contributed by atoms with Gasteiger partial charge < -0.3 is 10.2 Å². The molecule has 2 heterocycles. The fourth-order valence-corrected chi connectivity index (χ4v) is 3.43. The Hall–Kier alpha value is -1.26. The average Bonchev–Trinajstić information content (AvgIpc) is 2.48. The van der Waals surface area contributed by atoms with Crippen LogP contribution in [-0.2, 0) is 6.54 Å². The first-order valence-corrected chi connectivity index (χ1v) is 7.90. The van der Waals surface area contributed by atoms with E-state index in [-0.39, 0.29) is 0 Å². The van der Waals surface area contributed by atoms with Gasteiger partial charge in [-0.05, 0) is 24.7 Å². The normalized spacial score (nSPS) is 15.9. The van der Waals surface area contributed by atoms with Crippen LogP contribution in [-0.4, -0.2) is 36.6 Å². The SMILES string of the molecule is CNCc1cc(N2CCSCC2)nc2ccccc12. The standard InChI is InChI=1S/C15H19N3S/c1-16-11-12-10-15(18-6-8-19-9-7-18)17-14-5-3-2-4-13(12)14/h2-5,10,16H,6-9,11H2,1H3. The van der Waals surface area contributed by atoms with Crippen LogP contribution < -0.4 is 10.2 Å². The molecular weight excluding hydrogens is 254 g/mol. The van der Waals surface area contributed by atoms with Crippen molar-refractivity contribution >= 4 is 28.5 Å². The number of rotatable bonds is 3. The Morgan fingerprint density at radius 3 is 2.84 bits per heavy atom. The van der Waals surface area contributed by atoms with E-state index >= 15 is 0 Å². The van der Waals surface area contributed by atoms with Crippen LogP contribution in [0.1, 0.15) is 5.56 Å². The number of fused-ring (bicyclic) bond motifs is 1. The van der Waals surface area contributed by atoms with Gasteiger partial charge in [-0.1, -0.05) is 18.2 Å².